The maximum Gasteiger partial charge on any atom is 0.408 e. The second kappa shape index (κ2) is 23.5. The number of aryl methyl sites for hydroxylation is 4. The lowest BCUT2D eigenvalue weighted by Crippen LogP contribution is -2.47. The number of nitrogens with one attached hydrogen (secondary N) is 3. The van der Waals surface area contributed by atoms with Gasteiger partial charge in [0.1, 0.15) is 54.9 Å². The summed E-state index contributed by atoms with van der Waals surface area (Å²) in [6, 6.07) is 16.9. The molecule has 0 saturated heterocycles. The molecule has 2 aromatic carbocycles. The zero-order chi connectivity index (χ0) is 49.6. The lowest BCUT2D eigenvalue weighted by Gasteiger charge is -2.23. The van der Waals surface area contributed by atoms with E-state index in [0.29, 0.717) is 21.8 Å². The van der Waals surface area contributed by atoms with Gasteiger partial charge in [0.25, 0.3) is 0 Å². The van der Waals surface area contributed by atoms with Crippen molar-refractivity contribution in [3.63, 3.8) is 0 Å². The van der Waals surface area contributed by atoms with Crippen molar-refractivity contribution in [2.75, 3.05) is 11.1 Å². The maximum atomic E-state index is 13.3. The Labute approximate surface area is 396 Å². The van der Waals surface area contributed by atoms with Gasteiger partial charge in [-0.1, -0.05) is 46.9 Å². The number of nitrogen functional groups attached to an aromatic ring is 1. The van der Waals surface area contributed by atoms with Gasteiger partial charge in [-0.3, -0.25) is 14.8 Å². The lowest BCUT2D eigenvalue weighted by atomic mass is 10.1. The highest BCUT2D eigenvalue weighted by Crippen LogP contribution is 2.32. The highest BCUT2D eigenvalue weighted by atomic mass is 32.1. The maximum absolute atomic E-state index is 13.3. The predicted molar refractivity (Wildman–Crippen MR) is 257 cm³/mol. The number of rotatable bonds is 11. The number of nitrogens with zero attached hydrogens (tertiary/aromatic N) is 4. The Hall–Kier alpha value is -6.86. The zero-order valence-corrected chi connectivity index (χ0v) is 40.6. The lowest BCUT2D eigenvalue weighted by molar-refractivity contribution is -0.139. The smallest absolute Gasteiger partial charge is 0.408 e. The summed E-state index contributed by atoms with van der Waals surface area (Å²) < 4.78 is 36.4. The van der Waals surface area contributed by atoms with Crippen LogP contribution in [0.5, 0.6) is 0 Å². The standard InChI is InChI=1S/C24H27FN4O3S.C14H18FNO4.C10H11N3S/c1-14-12-17(10-11-26-14)22-27-15(2)21(33-22)29-20(30)19(28-23(31)32-24(3,4)5)13-16-6-8-18(25)9-7-16;1-14(2,3)20-13(19)16-11(12(17)18)8-9-4-6-10(15)7-5-9;1-6-5-8(3-4-12-6)10-13-7(2)9(11)14-10/h6-12,19H,13H2,1-5H3,(H,28,31)(H,29,30);4-7,11H,8H2,1-3H3,(H,16,19)(H,17,18);3-5H,11H2,1-2H3/t19-;11-;/m00./s1. The number of amides is 3. The summed E-state index contributed by atoms with van der Waals surface area (Å²) in [6.07, 6.45) is 2.21. The molecule has 3 amide bonds. The first-order valence-corrected chi connectivity index (χ1v) is 22.6. The Bertz CT molecular complexity index is 2610. The summed E-state index contributed by atoms with van der Waals surface area (Å²) in [5, 5.41) is 20.0. The van der Waals surface area contributed by atoms with Gasteiger partial charge in [0.15, 0.2) is 0 Å². The average Bonchev–Trinajstić information content (AvgIpc) is 3.77. The third kappa shape index (κ3) is 18.2. The molecule has 0 saturated carbocycles. The van der Waals surface area contributed by atoms with Gasteiger partial charge in [-0.25, -0.2) is 33.1 Å². The molecule has 67 heavy (non-hydrogen) atoms. The Morgan fingerprint density at radius 1 is 0.657 bits per heavy atom. The van der Waals surface area contributed by atoms with Crippen LogP contribution in [0.15, 0.2) is 85.2 Å². The fourth-order valence-electron chi connectivity index (χ4n) is 5.75. The molecule has 356 valence electrons. The first kappa shape index (κ1) is 52.8. The van der Waals surface area contributed by atoms with Gasteiger partial charge in [0, 0.05) is 47.8 Å². The number of aliphatic carboxylic acids is 1. The SMILES string of the molecule is CC(C)(C)OC(=O)N[C@@H](Cc1ccc(F)cc1)C(=O)O.Cc1cc(-c2nc(C)c(N)s2)ccn1.Cc1cc(-c2nc(C)c(NC(=O)[C@H](Cc3ccc(F)cc3)NC(=O)OC(C)(C)C)s2)ccn1. The number of hydrogen-bond acceptors (Lipinski definition) is 13. The molecule has 6 N–H and O–H groups in total. The average molecular weight is 959 g/mol. The van der Waals surface area contributed by atoms with Gasteiger partial charge in [0.05, 0.1) is 11.4 Å². The Morgan fingerprint density at radius 2 is 1.07 bits per heavy atom. The van der Waals surface area contributed by atoms with Crippen molar-refractivity contribution in [2.45, 2.75) is 105 Å². The zero-order valence-electron chi connectivity index (χ0n) is 39.0. The number of pyridine rings is 2. The van der Waals surface area contributed by atoms with Gasteiger partial charge in [-0.2, -0.15) is 0 Å². The van der Waals surface area contributed by atoms with Gasteiger partial charge >= 0.3 is 18.2 Å². The van der Waals surface area contributed by atoms with Crippen LogP contribution in [-0.2, 0) is 31.9 Å². The number of aromatic nitrogens is 4. The van der Waals surface area contributed by atoms with Crippen LogP contribution in [0, 0.1) is 39.3 Å². The molecule has 6 rings (SSSR count). The minimum atomic E-state index is -1.18. The van der Waals surface area contributed by atoms with Crippen LogP contribution in [0.1, 0.15) is 75.4 Å². The highest BCUT2D eigenvalue weighted by molar-refractivity contribution is 7.19. The number of thiazole rings is 2. The van der Waals surface area contributed by atoms with E-state index in [0.717, 1.165) is 43.2 Å². The number of halogens is 2. The summed E-state index contributed by atoms with van der Waals surface area (Å²) in [5.74, 6) is -2.38. The van der Waals surface area contributed by atoms with Crippen molar-refractivity contribution >= 4 is 56.7 Å². The predicted octanol–water partition coefficient (Wildman–Crippen LogP) is 9.79. The number of benzene rings is 2. The van der Waals surface area contributed by atoms with Crippen molar-refractivity contribution in [3.05, 3.63) is 131 Å². The van der Waals surface area contributed by atoms with Crippen LogP contribution >= 0.6 is 22.7 Å². The molecule has 0 radical (unpaired) electrons. The van der Waals surface area contributed by atoms with E-state index < -0.39 is 53.2 Å². The van der Waals surface area contributed by atoms with Gasteiger partial charge < -0.3 is 36.3 Å². The summed E-state index contributed by atoms with van der Waals surface area (Å²) in [5.41, 5.74) is 11.1. The topological polar surface area (TPSA) is 221 Å². The van der Waals surface area contributed by atoms with Crippen LogP contribution in [0.4, 0.5) is 28.4 Å². The van der Waals surface area contributed by atoms with E-state index in [2.05, 4.69) is 35.9 Å². The quantitative estimate of drug-likeness (QED) is 0.0819. The third-order valence-corrected chi connectivity index (χ3v) is 11.0. The molecule has 0 fully saturated rings. The van der Waals surface area contributed by atoms with E-state index in [9.17, 15) is 28.0 Å². The monoisotopic (exact) mass is 958 g/mol. The van der Waals surface area contributed by atoms with E-state index in [1.807, 2.05) is 45.0 Å². The van der Waals surface area contributed by atoms with E-state index in [1.54, 1.807) is 73.0 Å². The van der Waals surface area contributed by atoms with Crippen LogP contribution in [0.3, 0.4) is 0 Å². The normalized spacial score (nSPS) is 11.9. The second-order valence-electron chi connectivity index (χ2n) is 17.2. The molecular weight excluding hydrogens is 903 g/mol. The van der Waals surface area contributed by atoms with E-state index in [4.69, 9.17) is 20.3 Å². The summed E-state index contributed by atoms with van der Waals surface area (Å²) >= 11 is 2.85. The number of alkyl carbamates (subject to hydrolysis) is 2. The number of hydrogen-bond donors (Lipinski definition) is 5. The van der Waals surface area contributed by atoms with E-state index in [1.165, 1.54) is 59.1 Å². The van der Waals surface area contributed by atoms with Crippen molar-refractivity contribution in [2.24, 2.45) is 0 Å². The molecule has 2 atom stereocenters. The van der Waals surface area contributed by atoms with Gasteiger partial charge in [-0.05, 0) is 129 Å². The molecule has 19 heteroatoms. The minimum absolute atomic E-state index is 0.0505. The molecule has 0 spiro atoms. The van der Waals surface area contributed by atoms with Crippen LogP contribution < -0.4 is 21.7 Å². The van der Waals surface area contributed by atoms with E-state index in [-0.39, 0.29) is 18.7 Å². The van der Waals surface area contributed by atoms with Crippen molar-refractivity contribution in [1.82, 2.24) is 30.6 Å². The molecule has 0 aliphatic heterocycles. The van der Waals surface area contributed by atoms with Crippen LogP contribution in [-0.4, -0.2) is 72.4 Å². The number of carboxylic acid groups (broad SMARTS) is 1. The number of anilines is 2. The molecule has 0 aliphatic carbocycles. The van der Waals surface area contributed by atoms with Crippen LogP contribution in [0.2, 0.25) is 0 Å². The molecular formula is C48H56F2N8O7S2. The molecule has 6 aromatic rings. The summed E-state index contributed by atoms with van der Waals surface area (Å²) in [4.78, 5) is 65.5. The Balaban J connectivity index is 0.000000243. The fourth-order valence-corrected chi connectivity index (χ4v) is 7.54. The number of ether oxygens (including phenoxy) is 2. The third-order valence-electron chi connectivity index (χ3n) is 8.86. The van der Waals surface area contributed by atoms with Gasteiger partial charge in [0.2, 0.25) is 5.91 Å². The van der Waals surface area contributed by atoms with Crippen molar-refractivity contribution < 1.29 is 42.5 Å². The summed E-state index contributed by atoms with van der Waals surface area (Å²) in [7, 11) is 0. The van der Waals surface area contributed by atoms with Crippen LogP contribution in [0.25, 0.3) is 21.1 Å². The largest absolute Gasteiger partial charge is 0.480 e. The van der Waals surface area contributed by atoms with E-state index >= 15 is 0 Å². The first-order chi connectivity index (χ1) is 31.3. The van der Waals surface area contributed by atoms with Crippen molar-refractivity contribution in [3.8, 4) is 21.1 Å². The van der Waals surface area contributed by atoms with Crippen molar-refractivity contribution in [1.29, 1.82) is 0 Å². The molecule has 15 nitrogen and oxygen atoms in total. The minimum Gasteiger partial charge on any atom is -0.480 e. The molecule has 4 heterocycles. The highest BCUT2D eigenvalue weighted by Gasteiger charge is 2.27. The molecule has 4 aromatic heterocycles. The Kier molecular flexibility index (Phi) is 18.5. The van der Waals surface area contributed by atoms with Gasteiger partial charge in [-0.15, -0.1) is 0 Å². The Morgan fingerprint density at radius 3 is 1.48 bits per heavy atom. The molecule has 0 aliphatic rings. The first-order valence-electron chi connectivity index (χ1n) is 20.9. The summed E-state index contributed by atoms with van der Waals surface area (Å²) in [6.45, 7) is 17.9. The molecule has 0 unspecified atom stereocenters. The number of carbonyl (C=O) groups is 4. The molecule has 0 bridgehead atoms. The number of nitrogens with two attached hydrogens (primary N) is 1. The second-order valence-corrected chi connectivity index (χ2v) is 19.2. The fraction of sp³-hybridized carbons (Fsp3) is 0.333. The number of carboxylic acids is 1. The number of carbonyl (C=O) groups excluding carboxylic acids is 3.